The molecule has 4 rings (SSSR count). The molecule has 0 aliphatic carbocycles. The fraction of sp³-hybridized carbons (Fsp3) is 0.0909. The zero-order chi connectivity index (χ0) is 21.8. The molecule has 0 aliphatic heterocycles. The first-order chi connectivity index (χ1) is 15.0. The SMILES string of the molecule is O=C(Nc1ccn(Cc2c(F)cccc2Cl)n1)c1ccc(COc2ccc(F)cc2)o1. The number of benzene rings is 2. The number of rotatable bonds is 7. The smallest absolute Gasteiger partial charge is 0.292 e. The minimum Gasteiger partial charge on any atom is -0.486 e. The molecule has 0 saturated carbocycles. The van der Waals surface area contributed by atoms with Crippen LogP contribution in [0.1, 0.15) is 21.9 Å². The number of furan rings is 1. The van der Waals surface area contributed by atoms with Crippen molar-refractivity contribution in [3.8, 4) is 5.75 Å². The highest BCUT2D eigenvalue weighted by Crippen LogP contribution is 2.20. The summed E-state index contributed by atoms with van der Waals surface area (Å²) >= 11 is 6.03. The van der Waals surface area contributed by atoms with Crippen LogP contribution >= 0.6 is 11.6 Å². The lowest BCUT2D eigenvalue weighted by molar-refractivity contribution is 0.0992. The van der Waals surface area contributed by atoms with Crippen molar-refractivity contribution in [2.24, 2.45) is 0 Å². The van der Waals surface area contributed by atoms with Crippen LogP contribution in [0.15, 0.2) is 71.3 Å². The standard InChI is InChI=1S/C22H16ClF2N3O3/c23-18-2-1-3-19(25)17(18)12-28-11-10-21(27-28)26-22(29)20-9-8-16(31-20)13-30-15-6-4-14(24)5-7-15/h1-11H,12-13H2,(H,26,27,29). The van der Waals surface area contributed by atoms with Crippen LogP contribution in [0.5, 0.6) is 5.75 Å². The molecule has 1 amide bonds. The highest BCUT2D eigenvalue weighted by molar-refractivity contribution is 6.31. The summed E-state index contributed by atoms with van der Waals surface area (Å²) in [6, 6.07) is 14.7. The first-order valence-corrected chi connectivity index (χ1v) is 9.60. The zero-order valence-electron chi connectivity index (χ0n) is 16.0. The Hall–Kier alpha value is -3.65. The van der Waals surface area contributed by atoms with E-state index >= 15 is 0 Å². The first-order valence-electron chi connectivity index (χ1n) is 9.23. The molecule has 9 heteroatoms. The molecule has 0 bridgehead atoms. The number of nitrogens with one attached hydrogen (secondary N) is 1. The summed E-state index contributed by atoms with van der Waals surface area (Å²) in [5, 5.41) is 7.12. The molecule has 2 aromatic carbocycles. The second kappa shape index (κ2) is 9.01. The van der Waals surface area contributed by atoms with Crippen molar-refractivity contribution in [1.29, 1.82) is 0 Å². The summed E-state index contributed by atoms with van der Waals surface area (Å²) in [5.74, 6) is -0.0358. The first kappa shape index (κ1) is 20.6. The normalized spacial score (nSPS) is 10.8. The van der Waals surface area contributed by atoms with Crippen LogP contribution < -0.4 is 10.1 Å². The van der Waals surface area contributed by atoms with Gasteiger partial charge in [-0.15, -0.1) is 0 Å². The Labute approximate surface area is 181 Å². The van der Waals surface area contributed by atoms with Crippen LogP contribution in [-0.2, 0) is 13.2 Å². The number of carbonyl (C=O) groups is 1. The van der Waals surface area contributed by atoms with E-state index in [1.54, 1.807) is 24.4 Å². The van der Waals surface area contributed by atoms with E-state index in [1.807, 2.05) is 0 Å². The molecule has 1 N–H and O–H groups in total. The quantitative estimate of drug-likeness (QED) is 0.421. The Kier molecular flexibility index (Phi) is 5.99. The molecule has 6 nitrogen and oxygen atoms in total. The molecule has 0 spiro atoms. The van der Waals surface area contributed by atoms with E-state index in [0.717, 1.165) is 0 Å². The number of hydrogen-bond donors (Lipinski definition) is 1. The van der Waals surface area contributed by atoms with Crippen molar-refractivity contribution in [3.63, 3.8) is 0 Å². The van der Waals surface area contributed by atoms with Gasteiger partial charge in [-0.3, -0.25) is 9.48 Å². The van der Waals surface area contributed by atoms with Crippen LogP contribution in [0.25, 0.3) is 0 Å². The molecule has 0 saturated heterocycles. The number of anilines is 1. The lowest BCUT2D eigenvalue weighted by Crippen LogP contribution is -2.12. The number of ether oxygens (including phenoxy) is 1. The molecular formula is C22H16ClF2N3O3. The Bertz CT molecular complexity index is 1180. The van der Waals surface area contributed by atoms with Gasteiger partial charge in [0.1, 0.15) is 29.8 Å². The van der Waals surface area contributed by atoms with Crippen molar-refractivity contribution in [3.05, 3.63) is 101 Å². The lowest BCUT2D eigenvalue weighted by atomic mass is 10.2. The molecule has 31 heavy (non-hydrogen) atoms. The third-order valence-corrected chi connectivity index (χ3v) is 4.70. The second-order valence-electron chi connectivity index (χ2n) is 6.56. The molecular weight excluding hydrogens is 428 g/mol. The molecule has 0 aliphatic rings. The summed E-state index contributed by atoms with van der Waals surface area (Å²) < 4.78 is 39.3. The van der Waals surface area contributed by atoms with Gasteiger partial charge in [-0.1, -0.05) is 17.7 Å². The number of nitrogens with zero attached hydrogens (tertiary/aromatic N) is 2. The van der Waals surface area contributed by atoms with E-state index in [2.05, 4.69) is 10.4 Å². The van der Waals surface area contributed by atoms with Gasteiger partial charge in [-0.25, -0.2) is 8.78 Å². The van der Waals surface area contributed by atoms with Crippen LogP contribution in [0.4, 0.5) is 14.6 Å². The van der Waals surface area contributed by atoms with Crippen LogP contribution in [0.3, 0.4) is 0 Å². The van der Waals surface area contributed by atoms with E-state index in [1.165, 1.54) is 47.1 Å². The summed E-state index contributed by atoms with van der Waals surface area (Å²) in [4.78, 5) is 12.4. The van der Waals surface area contributed by atoms with E-state index in [9.17, 15) is 13.6 Å². The average Bonchev–Trinajstić information content (AvgIpc) is 3.40. The maximum atomic E-state index is 13.9. The van der Waals surface area contributed by atoms with E-state index in [0.29, 0.717) is 22.1 Å². The molecule has 4 aromatic rings. The van der Waals surface area contributed by atoms with Gasteiger partial charge >= 0.3 is 0 Å². The third-order valence-electron chi connectivity index (χ3n) is 4.34. The third kappa shape index (κ3) is 5.10. The predicted octanol–water partition coefficient (Wildman–Crippen LogP) is 5.29. The molecule has 2 aromatic heterocycles. The highest BCUT2D eigenvalue weighted by atomic mass is 35.5. The molecule has 0 atom stereocenters. The summed E-state index contributed by atoms with van der Waals surface area (Å²) in [7, 11) is 0. The summed E-state index contributed by atoms with van der Waals surface area (Å²) in [5.41, 5.74) is 0.307. The largest absolute Gasteiger partial charge is 0.486 e. The van der Waals surface area contributed by atoms with Gasteiger partial charge in [0.25, 0.3) is 5.91 Å². The van der Waals surface area contributed by atoms with E-state index < -0.39 is 11.7 Å². The van der Waals surface area contributed by atoms with Gasteiger partial charge < -0.3 is 14.5 Å². The Morgan fingerprint density at radius 2 is 1.90 bits per heavy atom. The van der Waals surface area contributed by atoms with Gasteiger partial charge in [-0.2, -0.15) is 5.10 Å². The highest BCUT2D eigenvalue weighted by Gasteiger charge is 2.14. The van der Waals surface area contributed by atoms with Gasteiger partial charge in [-0.05, 0) is 48.5 Å². The summed E-state index contributed by atoms with van der Waals surface area (Å²) in [6.07, 6.45) is 1.60. The monoisotopic (exact) mass is 443 g/mol. The van der Waals surface area contributed by atoms with Crippen LogP contribution in [0.2, 0.25) is 5.02 Å². The van der Waals surface area contributed by atoms with Gasteiger partial charge in [0, 0.05) is 22.8 Å². The average molecular weight is 444 g/mol. The fourth-order valence-corrected chi connectivity index (χ4v) is 3.03. The van der Waals surface area contributed by atoms with Gasteiger partial charge in [0.15, 0.2) is 11.6 Å². The number of halogens is 3. The van der Waals surface area contributed by atoms with Crippen molar-refractivity contribution in [2.75, 3.05) is 5.32 Å². The number of carbonyl (C=O) groups excluding carboxylic acids is 1. The van der Waals surface area contributed by atoms with Crippen molar-refractivity contribution < 1.29 is 22.7 Å². The van der Waals surface area contributed by atoms with Crippen molar-refractivity contribution >= 4 is 23.3 Å². The zero-order valence-corrected chi connectivity index (χ0v) is 16.8. The van der Waals surface area contributed by atoms with Crippen LogP contribution in [-0.4, -0.2) is 15.7 Å². The Balaban J connectivity index is 1.35. The minimum absolute atomic E-state index is 0.0735. The minimum atomic E-state index is -0.498. The van der Waals surface area contributed by atoms with Crippen LogP contribution in [0, 0.1) is 11.6 Å². The Morgan fingerprint density at radius 1 is 1.10 bits per heavy atom. The molecule has 0 radical (unpaired) electrons. The number of hydrogen-bond acceptors (Lipinski definition) is 4. The Morgan fingerprint density at radius 3 is 2.68 bits per heavy atom. The number of aromatic nitrogens is 2. The maximum absolute atomic E-state index is 13.9. The van der Waals surface area contributed by atoms with Crippen molar-refractivity contribution in [2.45, 2.75) is 13.2 Å². The predicted molar refractivity (Wildman–Crippen MR) is 110 cm³/mol. The molecule has 0 unspecified atom stereocenters. The van der Waals surface area contributed by atoms with Crippen molar-refractivity contribution in [1.82, 2.24) is 9.78 Å². The fourth-order valence-electron chi connectivity index (χ4n) is 2.80. The van der Waals surface area contributed by atoms with E-state index in [-0.39, 0.29) is 30.5 Å². The lowest BCUT2D eigenvalue weighted by Gasteiger charge is -2.06. The number of amides is 1. The topological polar surface area (TPSA) is 69.3 Å². The molecule has 0 fully saturated rings. The summed E-state index contributed by atoms with van der Waals surface area (Å²) in [6.45, 7) is 0.198. The second-order valence-corrected chi connectivity index (χ2v) is 6.97. The van der Waals surface area contributed by atoms with Gasteiger partial charge in [0.2, 0.25) is 0 Å². The maximum Gasteiger partial charge on any atom is 0.292 e. The molecule has 2 heterocycles. The molecule has 158 valence electrons. The van der Waals surface area contributed by atoms with E-state index in [4.69, 9.17) is 20.8 Å². The van der Waals surface area contributed by atoms with Gasteiger partial charge in [0.05, 0.1) is 6.54 Å².